The Kier molecular flexibility index (Phi) is 3.85. The highest BCUT2D eigenvalue weighted by Crippen LogP contribution is 2.46. The molecule has 0 heterocycles. The second-order valence-electron chi connectivity index (χ2n) is 5.89. The molecule has 0 N–H and O–H groups in total. The molecule has 3 atom stereocenters. The van der Waals surface area contributed by atoms with Crippen molar-refractivity contribution in [2.45, 2.75) is 43.9 Å². The van der Waals surface area contributed by atoms with Gasteiger partial charge in [-0.3, -0.25) is 0 Å². The fourth-order valence-electron chi connectivity index (χ4n) is 3.04. The van der Waals surface area contributed by atoms with Gasteiger partial charge in [-0.1, -0.05) is 62.4 Å². The first kappa shape index (κ1) is 13.7. The lowest BCUT2D eigenvalue weighted by Gasteiger charge is -2.33. The Balaban J connectivity index is 1.77. The molecule has 20 heavy (non-hydrogen) atoms. The molecule has 3 unspecified atom stereocenters. The van der Waals surface area contributed by atoms with Gasteiger partial charge in [0.25, 0.3) is 0 Å². The van der Waals surface area contributed by atoms with E-state index in [1.165, 1.54) is 28.7 Å². The van der Waals surface area contributed by atoms with E-state index >= 15 is 0 Å². The van der Waals surface area contributed by atoms with Crippen LogP contribution in [0.25, 0.3) is 0 Å². The number of rotatable bonds is 4. The molecule has 0 bridgehead atoms. The zero-order valence-electron chi connectivity index (χ0n) is 12.1. The van der Waals surface area contributed by atoms with Gasteiger partial charge in [-0.25, -0.2) is 0 Å². The maximum Gasteiger partial charge on any atom is 0.0657 e. The van der Waals surface area contributed by atoms with Crippen molar-refractivity contribution >= 4 is 11.6 Å². The van der Waals surface area contributed by atoms with E-state index in [4.69, 9.17) is 11.6 Å². The average molecular weight is 285 g/mol. The van der Waals surface area contributed by atoms with Crippen molar-refractivity contribution < 1.29 is 0 Å². The van der Waals surface area contributed by atoms with Gasteiger partial charge in [0.1, 0.15) is 0 Å². The van der Waals surface area contributed by atoms with Gasteiger partial charge < -0.3 is 0 Å². The summed E-state index contributed by atoms with van der Waals surface area (Å²) in [5.41, 5.74) is 5.55. The minimum atomic E-state index is 0.0934. The summed E-state index contributed by atoms with van der Waals surface area (Å²) >= 11 is 6.70. The molecule has 1 aliphatic carbocycles. The molecule has 0 nitrogen and oxygen atoms in total. The Morgan fingerprint density at radius 1 is 1.05 bits per heavy atom. The van der Waals surface area contributed by atoms with E-state index in [2.05, 4.69) is 62.4 Å². The third kappa shape index (κ3) is 2.38. The molecule has 0 saturated heterocycles. The van der Waals surface area contributed by atoms with Crippen LogP contribution >= 0.6 is 11.6 Å². The highest BCUT2D eigenvalue weighted by molar-refractivity contribution is 6.21. The Bertz CT molecular complexity index is 585. The van der Waals surface area contributed by atoms with E-state index in [9.17, 15) is 0 Å². The van der Waals surface area contributed by atoms with Gasteiger partial charge >= 0.3 is 0 Å². The number of alkyl halides is 1. The van der Waals surface area contributed by atoms with E-state index in [1.807, 2.05) is 0 Å². The predicted molar refractivity (Wildman–Crippen MR) is 86.6 cm³/mol. The second kappa shape index (κ2) is 5.61. The van der Waals surface area contributed by atoms with Gasteiger partial charge in [-0.05, 0) is 41.0 Å². The number of halogens is 1. The average Bonchev–Trinajstić information content (AvgIpc) is 2.47. The van der Waals surface area contributed by atoms with Crippen LogP contribution in [0.1, 0.15) is 59.7 Å². The van der Waals surface area contributed by atoms with E-state index < -0.39 is 0 Å². The molecule has 0 aromatic heterocycles. The largest absolute Gasteiger partial charge is 0.117 e. The highest BCUT2D eigenvalue weighted by Gasteiger charge is 2.32. The van der Waals surface area contributed by atoms with Crippen molar-refractivity contribution in [1.29, 1.82) is 0 Å². The Morgan fingerprint density at radius 2 is 1.70 bits per heavy atom. The van der Waals surface area contributed by atoms with Gasteiger partial charge in [0.2, 0.25) is 0 Å². The van der Waals surface area contributed by atoms with Gasteiger partial charge in [0.15, 0.2) is 0 Å². The first-order chi connectivity index (χ1) is 9.70. The predicted octanol–water partition coefficient (Wildman–Crippen LogP) is 5.82. The quantitative estimate of drug-likeness (QED) is 0.621. The monoisotopic (exact) mass is 284 g/mol. The first-order valence-electron chi connectivity index (χ1n) is 7.52. The van der Waals surface area contributed by atoms with Crippen LogP contribution in [-0.2, 0) is 6.42 Å². The van der Waals surface area contributed by atoms with Crippen LogP contribution in [0.3, 0.4) is 0 Å². The summed E-state index contributed by atoms with van der Waals surface area (Å²) in [4.78, 5) is 0. The number of hydrogen-bond acceptors (Lipinski definition) is 0. The minimum Gasteiger partial charge on any atom is -0.117 e. The van der Waals surface area contributed by atoms with Gasteiger partial charge in [0, 0.05) is 5.92 Å². The standard InChI is InChI=1S/C19H21Cl/c1-3-13(2)14-8-10-15(11-9-14)19(20)18-12-16-6-4-5-7-17(16)18/h4-11,13,18-19H,3,12H2,1-2H3. The van der Waals surface area contributed by atoms with E-state index in [-0.39, 0.29) is 5.38 Å². The molecular weight excluding hydrogens is 264 g/mol. The normalized spacial score (nSPS) is 19.9. The van der Waals surface area contributed by atoms with Gasteiger partial charge in [-0.2, -0.15) is 0 Å². The van der Waals surface area contributed by atoms with Crippen molar-refractivity contribution in [3.8, 4) is 0 Å². The maximum absolute atomic E-state index is 6.70. The van der Waals surface area contributed by atoms with E-state index in [0.717, 1.165) is 6.42 Å². The molecule has 1 heteroatoms. The van der Waals surface area contributed by atoms with Crippen LogP contribution in [0, 0.1) is 0 Å². The van der Waals surface area contributed by atoms with E-state index in [0.29, 0.717) is 11.8 Å². The van der Waals surface area contributed by atoms with Crippen molar-refractivity contribution in [2.75, 3.05) is 0 Å². The molecule has 0 aliphatic heterocycles. The van der Waals surface area contributed by atoms with Crippen LogP contribution in [0.4, 0.5) is 0 Å². The van der Waals surface area contributed by atoms with Crippen molar-refractivity contribution in [3.63, 3.8) is 0 Å². The summed E-state index contributed by atoms with van der Waals surface area (Å²) < 4.78 is 0. The van der Waals surface area contributed by atoms with Gasteiger partial charge in [0.05, 0.1) is 5.38 Å². The fourth-order valence-corrected chi connectivity index (χ4v) is 3.41. The van der Waals surface area contributed by atoms with Gasteiger partial charge in [-0.15, -0.1) is 11.6 Å². The molecule has 2 aromatic rings. The maximum atomic E-state index is 6.70. The molecule has 0 radical (unpaired) electrons. The SMILES string of the molecule is CCC(C)c1ccc(C(Cl)C2Cc3ccccc32)cc1. The van der Waals surface area contributed by atoms with Crippen LogP contribution in [0.5, 0.6) is 0 Å². The van der Waals surface area contributed by atoms with Crippen molar-refractivity contribution in [1.82, 2.24) is 0 Å². The lowest BCUT2D eigenvalue weighted by atomic mass is 9.74. The van der Waals surface area contributed by atoms with Crippen LogP contribution in [0.15, 0.2) is 48.5 Å². The first-order valence-corrected chi connectivity index (χ1v) is 7.96. The Morgan fingerprint density at radius 3 is 2.35 bits per heavy atom. The summed E-state index contributed by atoms with van der Waals surface area (Å²) in [5.74, 6) is 1.10. The molecular formula is C19H21Cl. The number of fused-ring (bicyclic) bond motifs is 1. The molecule has 1 aliphatic rings. The smallest absolute Gasteiger partial charge is 0.0657 e. The summed E-state index contributed by atoms with van der Waals surface area (Å²) in [7, 11) is 0. The molecule has 2 aromatic carbocycles. The minimum absolute atomic E-state index is 0.0934. The lowest BCUT2D eigenvalue weighted by Crippen LogP contribution is -2.21. The van der Waals surface area contributed by atoms with Crippen LogP contribution in [0.2, 0.25) is 0 Å². The zero-order chi connectivity index (χ0) is 14.1. The molecule has 0 spiro atoms. The summed E-state index contributed by atoms with van der Waals surface area (Å²) in [6.45, 7) is 4.50. The summed E-state index contributed by atoms with van der Waals surface area (Å²) in [6.07, 6.45) is 2.29. The fraction of sp³-hybridized carbons (Fsp3) is 0.368. The Labute approximate surface area is 126 Å². The van der Waals surface area contributed by atoms with Crippen molar-refractivity contribution in [2.24, 2.45) is 0 Å². The molecule has 0 fully saturated rings. The highest BCUT2D eigenvalue weighted by atomic mass is 35.5. The number of benzene rings is 2. The molecule has 0 amide bonds. The summed E-state index contributed by atoms with van der Waals surface area (Å²) in [5, 5.41) is 0.0934. The molecule has 104 valence electrons. The topological polar surface area (TPSA) is 0 Å². The summed E-state index contributed by atoms with van der Waals surface area (Å²) in [6, 6.07) is 17.5. The molecule has 3 rings (SSSR count). The van der Waals surface area contributed by atoms with Crippen LogP contribution < -0.4 is 0 Å². The Hall–Kier alpha value is -1.27. The lowest BCUT2D eigenvalue weighted by molar-refractivity contribution is 0.587. The second-order valence-corrected chi connectivity index (χ2v) is 6.36. The number of hydrogen-bond donors (Lipinski definition) is 0. The third-order valence-corrected chi connectivity index (χ3v) is 5.24. The van der Waals surface area contributed by atoms with Crippen molar-refractivity contribution in [3.05, 3.63) is 70.8 Å². The zero-order valence-corrected chi connectivity index (χ0v) is 12.9. The van der Waals surface area contributed by atoms with E-state index in [1.54, 1.807) is 0 Å². The van der Waals surface area contributed by atoms with Crippen LogP contribution in [-0.4, -0.2) is 0 Å². The third-order valence-electron chi connectivity index (χ3n) is 4.68. The molecule has 0 saturated carbocycles.